The first-order valence-electron chi connectivity index (χ1n) is 10.4. The average molecular weight is 451 g/mol. The number of thioether (sulfide) groups is 1. The molecule has 4 rings (SSSR count). The Morgan fingerprint density at radius 2 is 1.94 bits per heavy atom. The Hall–Kier alpha value is -2.64. The number of rotatable bonds is 9. The maximum absolute atomic E-state index is 13.2. The molecule has 2 aromatic carbocycles. The third-order valence-corrected chi connectivity index (χ3v) is 7.08. The van der Waals surface area contributed by atoms with Crippen LogP contribution in [0.2, 0.25) is 0 Å². The van der Waals surface area contributed by atoms with Crippen molar-refractivity contribution in [2.45, 2.75) is 38.1 Å². The number of amides is 1. The van der Waals surface area contributed by atoms with Crippen LogP contribution in [0.1, 0.15) is 24.0 Å². The van der Waals surface area contributed by atoms with E-state index >= 15 is 0 Å². The van der Waals surface area contributed by atoms with Crippen LogP contribution in [0.25, 0.3) is 10.2 Å². The quantitative estimate of drug-likeness (QED) is 0.306. The van der Waals surface area contributed by atoms with E-state index in [1.807, 2.05) is 28.1 Å². The molecule has 2 aromatic heterocycles. The molecule has 2 heterocycles. The molecular weight excluding hydrogens is 424 g/mol. The van der Waals surface area contributed by atoms with Gasteiger partial charge in [0.05, 0.1) is 16.5 Å². The van der Waals surface area contributed by atoms with Crippen molar-refractivity contribution in [3.63, 3.8) is 0 Å². The van der Waals surface area contributed by atoms with Gasteiger partial charge in [-0.3, -0.25) is 9.69 Å². The molecule has 4 aromatic rings. The fraction of sp³-hybridized carbons (Fsp3) is 0.292. The molecule has 0 fully saturated rings. The fourth-order valence-corrected chi connectivity index (χ4v) is 5.27. The highest BCUT2D eigenvalue weighted by molar-refractivity contribution is 7.99. The van der Waals surface area contributed by atoms with Gasteiger partial charge in [-0.1, -0.05) is 35.1 Å². The monoisotopic (exact) mass is 450 g/mol. The van der Waals surface area contributed by atoms with E-state index in [0.717, 1.165) is 34.1 Å². The lowest BCUT2D eigenvalue weighted by Gasteiger charge is -2.20. The molecule has 0 spiro atoms. The Bertz CT molecular complexity index is 1140. The van der Waals surface area contributed by atoms with Gasteiger partial charge in [0.25, 0.3) is 0 Å². The first-order valence-corrected chi connectivity index (χ1v) is 12.2. The number of thiazole rings is 1. The number of carbonyl (C=O) groups is 1. The molecule has 0 atom stereocenters. The smallest absolute Gasteiger partial charge is 0.229 e. The number of carbonyl (C=O) groups excluding carboxylic acids is 1. The number of anilines is 1. The maximum Gasteiger partial charge on any atom is 0.229 e. The number of aryl methyl sites for hydroxylation is 3. The van der Waals surface area contributed by atoms with Crippen molar-refractivity contribution in [3.05, 3.63) is 72.3 Å². The number of benzene rings is 2. The van der Waals surface area contributed by atoms with Gasteiger partial charge in [0.2, 0.25) is 5.91 Å². The molecule has 0 aliphatic carbocycles. The summed E-state index contributed by atoms with van der Waals surface area (Å²) in [7, 11) is 0. The van der Waals surface area contributed by atoms with Crippen molar-refractivity contribution in [1.29, 1.82) is 0 Å². The number of hydrogen-bond acceptors (Lipinski definition) is 5. The van der Waals surface area contributed by atoms with Crippen molar-refractivity contribution in [2.24, 2.45) is 0 Å². The third kappa shape index (κ3) is 5.74. The highest BCUT2D eigenvalue weighted by Gasteiger charge is 2.19. The van der Waals surface area contributed by atoms with Gasteiger partial charge in [-0.2, -0.15) is 0 Å². The molecule has 0 unspecified atom stereocenters. The fourth-order valence-electron chi connectivity index (χ4n) is 3.32. The van der Waals surface area contributed by atoms with Gasteiger partial charge in [-0.15, -0.1) is 11.8 Å². The molecule has 31 heavy (non-hydrogen) atoms. The van der Waals surface area contributed by atoms with Crippen LogP contribution in [0.15, 0.2) is 66.1 Å². The van der Waals surface area contributed by atoms with Crippen LogP contribution in [0.5, 0.6) is 0 Å². The molecule has 0 aliphatic rings. The summed E-state index contributed by atoms with van der Waals surface area (Å²) in [6.07, 6.45) is 6.87. The molecule has 0 saturated heterocycles. The number of nitrogens with zero attached hydrogens (tertiary/aromatic N) is 4. The molecule has 0 bridgehead atoms. The van der Waals surface area contributed by atoms with Crippen molar-refractivity contribution in [2.75, 3.05) is 17.2 Å². The second kappa shape index (κ2) is 10.1. The van der Waals surface area contributed by atoms with Crippen molar-refractivity contribution in [1.82, 2.24) is 14.5 Å². The van der Waals surface area contributed by atoms with Crippen LogP contribution in [0, 0.1) is 13.8 Å². The summed E-state index contributed by atoms with van der Waals surface area (Å²) in [5.41, 5.74) is 3.40. The Morgan fingerprint density at radius 3 is 2.71 bits per heavy atom. The van der Waals surface area contributed by atoms with Crippen LogP contribution in [-0.2, 0) is 11.3 Å². The summed E-state index contributed by atoms with van der Waals surface area (Å²) in [5, 5.41) is 0.788. The van der Waals surface area contributed by atoms with Crippen LogP contribution >= 0.6 is 23.1 Å². The van der Waals surface area contributed by atoms with E-state index in [-0.39, 0.29) is 5.91 Å². The zero-order chi connectivity index (χ0) is 21.6. The predicted octanol–water partition coefficient (Wildman–Crippen LogP) is 5.72. The first kappa shape index (κ1) is 21.6. The highest BCUT2D eigenvalue weighted by atomic mass is 32.2. The largest absolute Gasteiger partial charge is 0.337 e. The van der Waals surface area contributed by atoms with Gasteiger partial charge in [-0.25, -0.2) is 9.97 Å². The van der Waals surface area contributed by atoms with Crippen molar-refractivity contribution >= 4 is 44.4 Å². The topological polar surface area (TPSA) is 51.0 Å². The summed E-state index contributed by atoms with van der Waals surface area (Å²) in [6, 6.07) is 14.7. The molecule has 7 heteroatoms. The first-order chi connectivity index (χ1) is 15.1. The minimum Gasteiger partial charge on any atom is -0.337 e. The van der Waals surface area contributed by atoms with Crippen molar-refractivity contribution < 1.29 is 4.79 Å². The van der Waals surface area contributed by atoms with E-state index in [0.29, 0.717) is 13.0 Å². The Kier molecular flexibility index (Phi) is 7.04. The third-order valence-electron chi connectivity index (χ3n) is 5.03. The summed E-state index contributed by atoms with van der Waals surface area (Å²) in [4.78, 5) is 25.1. The van der Waals surface area contributed by atoms with Gasteiger partial charge in [0, 0.05) is 42.6 Å². The standard InChI is InChI=1S/C24H26N4OS2/c1-18-4-7-20(8-5-18)30-15-10-23(29)28(13-3-12-27-14-11-25-17-27)24-26-21-9-6-19(2)16-22(21)31-24/h4-9,11,14,16-17H,3,10,12-13,15H2,1-2H3. The molecule has 0 aliphatic heterocycles. The number of aromatic nitrogens is 3. The van der Waals surface area contributed by atoms with E-state index in [1.165, 1.54) is 16.0 Å². The number of imidazole rings is 1. The van der Waals surface area contributed by atoms with Gasteiger partial charge in [0.1, 0.15) is 0 Å². The Labute approximate surface area is 191 Å². The van der Waals surface area contributed by atoms with Crippen molar-refractivity contribution in [3.8, 4) is 0 Å². The normalized spacial score (nSPS) is 11.2. The number of fused-ring (bicyclic) bond motifs is 1. The lowest BCUT2D eigenvalue weighted by molar-refractivity contribution is -0.118. The maximum atomic E-state index is 13.2. The SMILES string of the molecule is Cc1ccc(SCCC(=O)N(CCCn2ccnc2)c2nc3ccc(C)cc3s2)cc1. The molecule has 1 amide bonds. The number of hydrogen-bond donors (Lipinski definition) is 0. The second-order valence-electron chi connectivity index (χ2n) is 7.58. The van der Waals surface area contributed by atoms with Crippen LogP contribution in [0.3, 0.4) is 0 Å². The minimum absolute atomic E-state index is 0.126. The van der Waals surface area contributed by atoms with Crippen LogP contribution in [-0.4, -0.2) is 32.7 Å². The van der Waals surface area contributed by atoms with Gasteiger partial charge in [-0.05, 0) is 50.1 Å². The minimum atomic E-state index is 0.126. The molecule has 0 radical (unpaired) electrons. The van der Waals surface area contributed by atoms with Gasteiger partial charge < -0.3 is 4.57 Å². The van der Waals surface area contributed by atoms with Crippen LogP contribution in [0.4, 0.5) is 5.13 Å². The molecular formula is C24H26N4OS2. The zero-order valence-corrected chi connectivity index (χ0v) is 19.5. The lowest BCUT2D eigenvalue weighted by atomic mass is 10.2. The molecule has 0 N–H and O–H groups in total. The Morgan fingerprint density at radius 1 is 1.13 bits per heavy atom. The average Bonchev–Trinajstić information content (AvgIpc) is 3.42. The van der Waals surface area contributed by atoms with Gasteiger partial charge >= 0.3 is 0 Å². The summed E-state index contributed by atoms with van der Waals surface area (Å²) in [6.45, 7) is 5.63. The molecule has 0 saturated carbocycles. The van der Waals surface area contributed by atoms with Crippen LogP contribution < -0.4 is 4.90 Å². The molecule has 160 valence electrons. The molecule has 5 nitrogen and oxygen atoms in total. The van der Waals surface area contributed by atoms with E-state index in [9.17, 15) is 4.79 Å². The zero-order valence-electron chi connectivity index (χ0n) is 17.8. The predicted molar refractivity (Wildman–Crippen MR) is 130 cm³/mol. The lowest BCUT2D eigenvalue weighted by Crippen LogP contribution is -2.32. The summed E-state index contributed by atoms with van der Waals surface area (Å²) < 4.78 is 3.16. The second-order valence-corrected chi connectivity index (χ2v) is 9.76. The highest BCUT2D eigenvalue weighted by Crippen LogP contribution is 2.30. The van der Waals surface area contributed by atoms with E-state index in [2.05, 4.69) is 55.2 Å². The Balaban J connectivity index is 1.44. The summed E-state index contributed by atoms with van der Waals surface area (Å²) >= 11 is 3.32. The van der Waals surface area contributed by atoms with E-state index in [4.69, 9.17) is 4.98 Å². The van der Waals surface area contributed by atoms with E-state index < -0.39 is 0 Å². The van der Waals surface area contributed by atoms with Gasteiger partial charge in [0.15, 0.2) is 5.13 Å². The summed E-state index contributed by atoms with van der Waals surface area (Å²) in [5.74, 6) is 0.880. The van der Waals surface area contributed by atoms with E-state index in [1.54, 1.807) is 29.3 Å².